The Bertz CT molecular complexity index is 558. The van der Waals surface area contributed by atoms with Crippen LogP contribution < -0.4 is 10.6 Å². The summed E-state index contributed by atoms with van der Waals surface area (Å²) in [5.41, 5.74) is 2.31. The molecule has 1 atom stereocenters. The number of aliphatic imine (C=N–C) groups is 1. The van der Waals surface area contributed by atoms with Gasteiger partial charge in [-0.2, -0.15) is 5.10 Å². The summed E-state index contributed by atoms with van der Waals surface area (Å²) in [5.74, 6) is 1.50. The molecule has 1 aromatic rings. The number of nitrogens with zero attached hydrogens (tertiary/aromatic N) is 5. The Morgan fingerprint density at radius 2 is 1.96 bits per heavy atom. The van der Waals surface area contributed by atoms with E-state index in [2.05, 4.69) is 62.2 Å². The second kappa shape index (κ2) is 10.5. The normalized spacial score (nSPS) is 18.1. The summed E-state index contributed by atoms with van der Waals surface area (Å²) < 4.78 is 2.07. The zero-order valence-electron chi connectivity index (χ0n) is 17.3. The summed E-state index contributed by atoms with van der Waals surface area (Å²) in [6.07, 6.45) is 1.03. The van der Waals surface area contributed by atoms with E-state index in [4.69, 9.17) is 0 Å². The molecule has 0 bridgehead atoms. The van der Waals surface area contributed by atoms with E-state index in [0.29, 0.717) is 5.92 Å². The number of hydrogen-bond donors (Lipinski definition) is 2. The largest absolute Gasteiger partial charge is 0.356 e. The van der Waals surface area contributed by atoms with E-state index in [1.165, 1.54) is 31.9 Å². The van der Waals surface area contributed by atoms with Gasteiger partial charge in [-0.25, -0.2) is 0 Å². The molecule has 1 aliphatic rings. The van der Waals surface area contributed by atoms with E-state index in [-0.39, 0.29) is 0 Å². The van der Waals surface area contributed by atoms with Crippen molar-refractivity contribution in [3.05, 3.63) is 17.5 Å². The first-order valence-electron chi connectivity index (χ1n) is 9.84. The van der Waals surface area contributed by atoms with Crippen LogP contribution in [0.15, 0.2) is 11.1 Å². The summed E-state index contributed by atoms with van der Waals surface area (Å²) in [4.78, 5) is 9.30. The molecule has 0 radical (unpaired) electrons. The van der Waals surface area contributed by atoms with Gasteiger partial charge in [0.1, 0.15) is 0 Å². The van der Waals surface area contributed by atoms with Crippen LogP contribution in [-0.4, -0.2) is 85.4 Å². The van der Waals surface area contributed by atoms with E-state index < -0.39 is 0 Å². The van der Waals surface area contributed by atoms with Crippen LogP contribution in [0.25, 0.3) is 0 Å². The van der Waals surface area contributed by atoms with E-state index in [0.717, 1.165) is 44.3 Å². The molecule has 1 aliphatic heterocycles. The van der Waals surface area contributed by atoms with E-state index in [9.17, 15) is 0 Å². The van der Waals surface area contributed by atoms with Gasteiger partial charge in [-0.1, -0.05) is 6.92 Å². The average Bonchev–Trinajstić information content (AvgIpc) is 2.93. The number of likely N-dealkylation sites (N-methyl/N-ethyl adjacent to an activating group) is 1. The first-order chi connectivity index (χ1) is 12.5. The Labute approximate surface area is 158 Å². The lowest BCUT2D eigenvalue weighted by Gasteiger charge is -2.34. The molecular weight excluding hydrogens is 326 g/mol. The summed E-state index contributed by atoms with van der Waals surface area (Å²) in [6.45, 7) is 15.1. The average molecular weight is 364 g/mol. The Kier molecular flexibility index (Phi) is 8.38. The highest BCUT2D eigenvalue weighted by molar-refractivity contribution is 5.79. The molecule has 26 heavy (non-hydrogen) atoms. The zero-order valence-corrected chi connectivity index (χ0v) is 17.3. The van der Waals surface area contributed by atoms with Crippen molar-refractivity contribution < 1.29 is 0 Å². The molecule has 1 saturated heterocycles. The predicted octanol–water partition coefficient (Wildman–Crippen LogP) is 0.939. The van der Waals surface area contributed by atoms with Crippen LogP contribution in [0.4, 0.5) is 0 Å². The molecule has 0 aliphatic carbocycles. The molecule has 1 unspecified atom stereocenters. The van der Waals surface area contributed by atoms with Gasteiger partial charge in [-0.15, -0.1) is 0 Å². The number of rotatable bonds is 8. The Morgan fingerprint density at radius 1 is 1.23 bits per heavy atom. The predicted molar refractivity (Wildman–Crippen MR) is 109 cm³/mol. The van der Waals surface area contributed by atoms with Gasteiger partial charge < -0.3 is 20.4 Å². The minimum atomic E-state index is 0.603. The maximum absolute atomic E-state index is 4.50. The smallest absolute Gasteiger partial charge is 0.190 e. The van der Waals surface area contributed by atoms with Crippen molar-refractivity contribution in [2.24, 2.45) is 10.9 Å². The minimum absolute atomic E-state index is 0.603. The monoisotopic (exact) mass is 363 g/mol. The maximum Gasteiger partial charge on any atom is 0.190 e. The first-order valence-corrected chi connectivity index (χ1v) is 9.84. The zero-order chi connectivity index (χ0) is 18.9. The van der Waals surface area contributed by atoms with Crippen molar-refractivity contribution in [2.45, 2.75) is 33.7 Å². The fourth-order valence-corrected chi connectivity index (χ4v) is 3.36. The van der Waals surface area contributed by atoms with Gasteiger partial charge in [0, 0.05) is 65.1 Å². The second-order valence-electron chi connectivity index (χ2n) is 7.59. The number of aromatic nitrogens is 2. The topological polar surface area (TPSA) is 60.7 Å². The Hall–Kier alpha value is -1.60. The number of aryl methyl sites for hydroxylation is 3. The number of nitrogens with one attached hydrogen (secondary N) is 2. The van der Waals surface area contributed by atoms with E-state index in [1.54, 1.807) is 0 Å². The van der Waals surface area contributed by atoms with Crippen molar-refractivity contribution in [2.75, 3.05) is 59.9 Å². The molecule has 0 spiro atoms. The molecule has 1 fully saturated rings. The molecule has 7 nitrogen and oxygen atoms in total. The summed E-state index contributed by atoms with van der Waals surface area (Å²) >= 11 is 0. The molecule has 148 valence electrons. The van der Waals surface area contributed by atoms with Crippen LogP contribution in [0.3, 0.4) is 0 Å². The highest BCUT2D eigenvalue weighted by Crippen LogP contribution is 2.04. The van der Waals surface area contributed by atoms with Gasteiger partial charge in [-0.05, 0) is 39.3 Å². The van der Waals surface area contributed by atoms with Crippen LogP contribution in [-0.2, 0) is 6.54 Å². The van der Waals surface area contributed by atoms with Crippen molar-refractivity contribution in [1.82, 2.24) is 30.2 Å². The Balaban J connectivity index is 1.60. The van der Waals surface area contributed by atoms with Gasteiger partial charge in [0.15, 0.2) is 5.96 Å². The lowest BCUT2D eigenvalue weighted by Crippen LogP contribution is -2.47. The third-order valence-electron chi connectivity index (χ3n) is 4.95. The van der Waals surface area contributed by atoms with Crippen molar-refractivity contribution in [3.63, 3.8) is 0 Å². The molecule has 2 N–H and O–H groups in total. The van der Waals surface area contributed by atoms with Crippen LogP contribution in [0.1, 0.15) is 24.7 Å². The van der Waals surface area contributed by atoms with Gasteiger partial charge in [0.25, 0.3) is 0 Å². The highest BCUT2D eigenvalue weighted by atomic mass is 15.3. The van der Waals surface area contributed by atoms with E-state index in [1.807, 2.05) is 14.0 Å². The fourth-order valence-electron chi connectivity index (χ4n) is 3.36. The third-order valence-corrected chi connectivity index (χ3v) is 4.95. The van der Waals surface area contributed by atoms with E-state index >= 15 is 0 Å². The molecule has 2 rings (SSSR count). The number of hydrogen-bond acceptors (Lipinski definition) is 4. The highest BCUT2D eigenvalue weighted by Gasteiger charge is 2.16. The van der Waals surface area contributed by atoms with Crippen molar-refractivity contribution in [1.29, 1.82) is 0 Å². The first kappa shape index (κ1) is 20.7. The van der Waals surface area contributed by atoms with Gasteiger partial charge in [0.05, 0.1) is 5.69 Å². The van der Waals surface area contributed by atoms with Gasteiger partial charge in [-0.3, -0.25) is 9.67 Å². The maximum atomic E-state index is 4.50. The van der Waals surface area contributed by atoms with Crippen molar-refractivity contribution >= 4 is 5.96 Å². The fraction of sp³-hybridized carbons (Fsp3) is 0.789. The van der Waals surface area contributed by atoms with Gasteiger partial charge in [0.2, 0.25) is 0 Å². The summed E-state index contributed by atoms with van der Waals surface area (Å²) in [5, 5.41) is 11.4. The molecule has 0 amide bonds. The molecule has 0 saturated carbocycles. The Morgan fingerprint density at radius 3 is 2.58 bits per heavy atom. The lowest BCUT2D eigenvalue weighted by molar-refractivity contribution is 0.139. The molecular formula is C19H37N7. The van der Waals surface area contributed by atoms with Crippen LogP contribution in [0.2, 0.25) is 0 Å². The van der Waals surface area contributed by atoms with Crippen molar-refractivity contribution in [3.8, 4) is 0 Å². The van der Waals surface area contributed by atoms with Crippen LogP contribution in [0.5, 0.6) is 0 Å². The quantitative estimate of drug-likeness (QED) is 0.409. The lowest BCUT2D eigenvalue weighted by atomic mass is 10.1. The standard InChI is InChI=1S/C19H37N7/c1-16(15-25-11-9-24(5)10-12-25)14-22-19(20-4)21-7-6-8-26-18(3)13-17(2)23-26/h13,16H,6-12,14-15H2,1-5H3,(H2,20,21,22). The molecule has 1 aromatic heterocycles. The van der Waals surface area contributed by atoms with Crippen LogP contribution in [0, 0.1) is 19.8 Å². The third kappa shape index (κ3) is 6.96. The molecule has 7 heteroatoms. The molecule has 0 aromatic carbocycles. The summed E-state index contributed by atoms with van der Waals surface area (Å²) in [6, 6.07) is 2.12. The number of guanidine groups is 1. The number of piperazine rings is 1. The SMILES string of the molecule is CN=C(NCCCn1nc(C)cc1C)NCC(C)CN1CCN(C)CC1. The van der Waals surface area contributed by atoms with Crippen LogP contribution >= 0.6 is 0 Å². The summed E-state index contributed by atoms with van der Waals surface area (Å²) in [7, 11) is 4.04. The minimum Gasteiger partial charge on any atom is -0.356 e. The van der Waals surface area contributed by atoms with Gasteiger partial charge >= 0.3 is 0 Å². The molecule has 2 heterocycles. The second-order valence-corrected chi connectivity index (χ2v) is 7.59.